The van der Waals surface area contributed by atoms with Gasteiger partial charge < -0.3 is 10.1 Å². The summed E-state index contributed by atoms with van der Waals surface area (Å²) in [7, 11) is 0. The maximum atomic E-state index is 12.3. The summed E-state index contributed by atoms with van der Waals surface area (Å²) in [4.78, 5) is 15.7. The molecule has 1 saturated heterocycles. The molecule has 0 unspecified atom stereocenters. The summed E-state index contributed by atoms with van der Waals surface area (Å²) in [5.41, 5.74) is 1.88. The molecule has 1 aromatic rings. The van der Waals surface area contributed by atoms with Crippen molar-refractivity contribution in [2.75, 3.05) is 38.2 Å². The number of carbonyl (C=O) groups is 1. The molecule has 6 heteroatoms. The monoisotopic (exact) mass is 333 g/mol. The van der Waals surface area contributed by atoms with E-state index in [0.29, 0.717) is 25.3 Å². The average molecular weight is 333 g/mol. The highest BCUT2D eigenvalue weighted by molar-refractivity contribution is 7.16. The summed E-state index contributed by atoms with van der Waals surface area (Å²) in [5.74, 6) is -0.0300. The third-order valence-corrected chi connectivity index (χ3v) is 5.71. The lowest BCUT2D eigenvalue weighted by atomic mass is 9.97. The Kier molecular flexibility index (Phi) is 5.65. The summed E-state index contributed by atoms with van der Waals surface area (Å²) >= 11 is 1.60. The zero-order chi connectivity index (χ0) is 16.1. The minimum atomic E-state index is -0.0300. The van der Waals surface area contributed by atoms with Gasteiger partial charge in [0, 0.05) is 18.0 Å². The van der Waals surface area contributed by atoms with Crippen LogP contribution >= 0.6 is 11.3 Å². The second-order valence-electron chi connectivity index (χ2n) is 6.17. The average Bonchev–Trinajstić information content (AvgIpc) is 2.84. The maximum absolute atomic E-state index is 12.3. The number of rotatable bonds is 3. The van der Waals surface area contributed by atoms with Crippen LogP contribution in [-0.2, 0) is 22.4 Å². The highest BCUT2D eigenvalue weighted by Gasteiger charge is 2.21. The van der Waals surface area contributed by atoms with Crippen LogP contribution in [0.2, 0.25) is 0 Å². The molecule has 0 bridgehead atoms. The minimum Gasteiger partial charge on any atom is -0.379 e. The smallest absolute Gasteiger partial charge is 0.239 e. The second kappa shape index (κ2) is 7.91. The lowest BCUT2D eigenvalue weighted by Gasteiger charge is -2.25. The van der Waals surface area contributed by atoms with Crippen molar-refractivity contribution in [1.29, 1.82) is 5.26 Å². The Hall–Kier alpha value is -1.42. The number of hydrogen-bond donors (Lipinski definition) is 1. The van der Waals surface area contributed by atoms with Crippen molar-refractivity contribution in [3.63, 3.8) is 0 Å². The molecule has 23 heavy (non-hydrogen) atoms. The normalized spacial score (nSPS) is 19.3. The number of amides is 1. The highest BCUT2D eigenvalue weighted by Crippen LogP contribution is 2.36. The fourth-order valence-electron chi connectivity index (χ4n) is 3.25. The molecule has 1 N–H and O–H groups in total. The molecule has 0 radical (unpaired) electrons. The first-order valence-electron chi connectivity index (χ1n) is 8.42. The van der Waals surface area contributed by atoms with Crippen LogP contribution < -0.4 is 5.32 Å². The molecule has 1 aliphatic heterocycles. The highest BCUT2D eigenvalue weighted by atomic mass is 32.1. The largest absolute Gasteiger partial charge is 0.379 e. The van der Waals surface area contributed by atoms with Crippen LogP contribution in [0.5, 0.6) is 0 Å². The van der Waals surface area contributed by atoms with Gasteiger partial charge in [-0.05, 0) is 31.2 Å². The van der Waals surface area contributed by atoms with Crippen LogP contribution in [0.1, 0.15) is 41.7 Å². The zero-order valence-corrected chi connectivity index (χ0v) is 14.2. The summed E-state index contributed by atoms with van der Waals surface area (Å²) in [6.45, 7) is 3.32. The van der Waals surface area contributed by atoms with Crippen LogP contribution in [0.3, 0.4) is 0 Å². The lowest BCUT2D eigenvalue weighted by Crippen LogP contribution is -2.41. The molecule has 1 aromatic heterocycles. The molecule has 3 rings (SSSR count). The van der Waals surface area contributed by atoms with E-state index < -0.39 is 0 Å². The van der Waals surface area contributed by atoms with Crippen molar-refractivity contribution in [1.82, 2.24) is 4.90 Å². The van der Waals surface area contributed by atoms with E-state index in [4.69, 9.17) is 4.74 Å². The van der Waals surface area contributed by atoms with Crippen molar-refractivity contribution in [3.05, 3.63) is 16.0 Å². The third kappa shape index (κ3) is 4.11. The van der Waals surface area contributed by atoms with Crippen LogP contribution in [-0.4, -0.2) is 43.7 Å². The molecule has 0 aromatic carbocycles. The van der Waals surface area contributed by atoms with Crippen LogP contribution in [0, 0.1) is 11.3 Å². The first-order valence-corrected chi connectivity index (χ1v) is 9.24. The molecule has 0 atom stereocenters. The Morgan fingerprint density at radius 1 is 1.22 bits per heavy atom. The number of nitrogens with zero attached hydrogens (tertiary/aromatic N) is 2. The van der Waals surface area contributed by atoms with E-state index in [0.717, 1.165) is 37.4 Å². The number of carbonyl (C=O) groups excluding carboxylic acids is 1. The Morgan fingerprint density at radius 2 is 1.96 bits per heavy atom. The van der Waals surface area contributed by atoms with Gasteiger partial charge in [0.25, 0.3) is 0 Å². The molecule has 1 aliphatic carbocycles. The van der Waals surface area contributed by atoms with Crippen LogP contribution in [0.15, 0.2) is 0 Å². The number of fused-ring (bicyclic) bond motifs is 1. The van der Waals surface area contributed by atoms with Gasteiger partial charge in [-0.3, -0.25) is 9.69 Å². The third-order valence-electron chi connectivity index (χ3n) is 4.51. The molecule has 124 valence electrons. The molecular formula is C17H23N3O2S. The van der Waals surface area contributed by atoms with Gasteiger partial charge in [-0.25, -0.2) is 0 Å². The van der Waals surface area contributed by atoms with Crippen molar-refractivity contribution >= 4 is 22.2 Å². The van der Waals surface area contributed by atoms with E-state index in [9.17, 15) is 10.1 Å². The number of nitrogens with one attached hydrogen (secondary N) is 1. The Bertz CT molecular complexity index is 600. The van der Waals surface area contributed by atoms with Crippen molar-refractivity contribution in [2.24, 2.45) is 0 Å². The molecule has 1 amide bonds. The number of hydrogen-bond acceptors (Lipinski definition) is 5. The number of ether oxygens (including phenoxy) is 1. The van der Waals surface area contributed by atoms with E-state index in [2.05, 4.69) is 16.3 Å². The van der Waals surface area contributed by atoms with Crippen molar-refractivity contribution in [3.8, 4) is 6.07 Å². The summed E-state index contributed by atoms with van der Waals surface area (Å²) in [6.07, 6.45) is 6.82. The maximum Gasteiger partial charge on any atom is 0.239 e. The quantitative estimate of drug-likeness (QED) is 0.923. The summed E-state index contributed by atoms with van der Waals surface area (Å²) < 4.78 is 5.30. The molecule has 5 nitrogen and oxygen atoms in total. The van der Waals surface area contributed by atoms with Crippen LogP contribution in [0.4, 0.5) is 5.00 Å². The van der Waals surface area contributed by atoms with Crippen molar-refractivity contribution < 1.29 is 9.53 Å². The summed E-state index contributed by atoms with van der Waals surface area (Å²) in [5, 5.41) is 13.3. The van der Waals surface area contributed by atoms with Gasteiger partial charge in [0.2, 0.25) is 5.91 Å². The van der Waals surface area contributed by atoms with Gasteiger partial charge in [0.15, 0.2) is 0 Å². The minimum absolute atomic E-state index is 0.0300. The van der Waals surface area contributed by atoms with E-state index in [1.807, 2.05) is 0 Å². The van der Waals surface area contributed by atoms with Gasteiger partial charge >= 0.3 is 0 Å². The fourth-order valence-corrected chi connectivity index (χ4v) is 4.51. The van der Waals surface area contributed by atoms with Gasteiger partial charge in [-0.15, -0.1) is 11.3 Å². The Balaban J connectivity index is 1.70. The zero-order valence-electron chi connectivity index (χ0n) is 13.4. The molecule has 2 heterocycles. The number of aryl methyl sites for hydroxylation is 1. The van der Waals surface area contributed by atoms with Gasteiger partial charge in [-0.1, -0.05) is 12.8 Å². The predicted octanol–water partition coefficient (Wildman–Crippen LogP) is 2.55. The first kappa shape index (κ1) is 16.4. The van der Waals surface area contributed by atoms with Crippen LogP contribution in [0.25, 0.3) is 0 Å². The van der Waals surface area contributed by atoms with E-state index in [-0.39, 0.29) is 5.91 Å². The Morgan fingerprint density at radius 3 is 2.70 bits per heavy atom. The van der Waals surface area contributed by atoms with E-state index in [1.54, 1.807) is 11.3 Å². The molecule has 2 aliphatic rings. The fraction of sp³-hybridized carbons (Fsp3) is 0.647. The SMILES string of the molecule is N#Cc1c(NC(=O)CN2CCOCC2)sc2c1CCCCCC2. The van der Waals surface area contributed by atoms with Gasteiger partial charge in [0.1, 0.15) is 11.1 Å². The van der Waals surface area contributed by atoms with E-state index >= 15 is 0 Å². The topological polar surface area (TPSA) is 65.4 Å². The molecule has 1 fully saturated rings. The van der Waals surface area contributed by atoms with E-state index in [1.165, 1.54) is 29.7 Å². The molecule has 0 saturated carbocycles. The molecular weight excluding hydrogens is 310 g/mol. The standard InChI is InChI=1S/C17H23N3O2S/c18-11-14-13-5-3-1-2-4-6-15(13)23-17(14)19-16(21)12-20-7-9-22-10-8-20/h1-10,12H2,(H,19,21). The number of thiophene rings is 1. The summed E-state index contributed by atoms with van der Waals surface area (Å²) in [6, 6.07) is 2.32. The number of nitriles is 1. The van der Waals surface area contributed by atoms with Gasteiger partial charge in [0.05, 0.1) is 25.3 Å². The molecule has 0 spiro atoms. The van der Waals surface area contributed by atoms with Gasteiger partial charge in [-0.2, -0.15) is 5.26 Å². The lowest BCUT2D eigenvalue weighted by molar-refractivity contribution is -0.118. The van der Waals surface area contributed by atoms with Crippen molar-refractivity contribution in [2.45, 2.75) is 38.5 Å². The number of anilines is 1. The Labute approximate surface area is 141 Å². The second-order valence-corrected chi connectivity index (χ2v) is 7.28. The predicted molar refractivity (Wildman–Crippen MR) is 90.8 cm³/mol. The number of morpholine rings is 1. The first-order chi connectivity index (χ1) is 11.3.